The van der Waals surface area contributed by atoms with Crippen molar-refractivity contribution in [2.24, 2.45) is 5.92 Å². The Morgan fingerprint density at radius 3 is 2.46 bits per heavy atom. The number of carbonyl (C=O) groups excluding carboxylic acids is 1. The summed E-state index contributed by atoms with van der Waals surface area (Å²) in [5.41, 5.74) is 0.459. The molecule has 0 bridgehead atoms. The molecule has 2 N–H and O–H groups in total. The molecule has 7 nitrogen and oxygen atoms in total. The summed E-state index contributed by atoms with van der Waals surface area (Å²) in [4.78, 5) is 29.1. The maximum Gasteiger partial charge on any atom is 0.413 e. The van der Waals surface area contributed by atoms with E-state index in [4.69, 9.17) is 9.84 Å². The first kappa shape index (κ1) is 21.9. The highest BCUT2D eigenvalue weighted by molar-refractivity contribution is 5.83. The van der Waals surface area contributed by atoms with E-state index < -0.39 is 17.7 Å². The fourth-order valence-electron chi connectivity index (χ4n) is 2.65. The number of hydrogen-bond acceptors (Lipinski definition) is 5. The third-order valence-corrected chi connectivity index (χ3v) is 3.80. The van der Waals surface area contributed by atoms with Gasteiger partial charge in [-0.05, 0) is 64.4 Å². The molecule has 1 aromatic heterocycles. The summed E-state index contributed by atoms with van der Waals surface area (Å²) >= 11 is 0. The van der Waals surface area contributed by atoms with E-state index in [0.717, 1.165) is 18.7 Å². The Bertz CT molecular complexity index is 591. The first-order valence-electron chi connectivity index (χ1n) is 9.13. The topological polar surface area (TPSA) is 91.8 Å². The van der Waals surface area contributed by atoms with E-state index in [0.29, 0.717) is 25.2 Å². The van der Waals surface area contributed by atoms with Crippen molar-refractivity contribution in [1.29, 1.82) is 0 Å². The average Bonchev–Trinajstić information content (AvgIpc) is 2.55. The van der Waals surface area contributed by atoms with E-state index in [9.17, 15) is 9.59 Å². The predicted molar refractivity (Wildman–Crippen MR) is 101 cm³/mol. The largest absolute Gasteiger partial charge is 0.481 e. The maximum atomic E-state index is 11.8. The second-order valence-electron chi connectivity index (χ2n) is 7.06. The summed E-state index contributed by atoms with van der Waals surface area (Å²) in [6.45, 7) is 11.6. The van der Waals surface area contributed by atoms with E-state index >= 15 is 0 Å². The number of carbonyl (C=O) groups is 2. The molecular formula is C19H31N3O4. The van der Waals surface area contributed by atoms with Gasteiger partial charge in [0, 0.05) is 12.7 Å². The summed E-state index contributed by atoms with van der Waals surface area (Å²) in [7, 11) is 0. The second kappa shape index (κ2) is 10.1. The number of carboxylic acid groups (broad SMARTS) is 1. The van der Waals surface area contributed by atoms with Crippen molar-refractivity contribution in [3.63, 3.8) is 0 Å². The number of carboxylic acids is 1. The van der Waals surface area contributed by atoms with Crippen molar-refractivity contribution in [2.75, 3.05) is 18.4 Å². The third kappa shape index (κ3) is 7.82. The van der Waals surface area contributed by atoms with E-state index in [2.05, 4.69) is 15.2 Å². The lowest BCUT2D eigenvalue weighted by Crippen LogP contribution is -2.35. The van der Waals surface area contributed by atoms with Gasteiger partial charge in [-0.15, -0.1) is 0 Å². The molecule has 2 heterocycles. The molecule has 1 amide bonds. The van der Waals surface area contributed by atoms with Crippen LogP contribution in [0.25, 0.3) is 0 Å². The normalized spacial score (nSPS) is 15.6. The van der Waals surface area contributed by atoms with Crippen LogP contribution in [0.2, 0.25) is 0 Å². The van der Waals surface area contributed by atoms with Gasteiger partial charge in [0.05, 0.1) is 5.92 Å². The van der Waals surface area contributed by atoms with Crippen LogP contribution in [-0.2, 0) is 16.1 Å². The number of nitrogens with one attached hydrogen (secondary N) is 1. The van der Waals surface area contributed by atoms with E-state index in [1.807, 2.05) is 26.0 Å². The lowest BCUT2D eigenvalue weighted by molar-refractivity contribution is -0.143. The molecule has 2 rings (SSSR count). The third-order valence-electron chi connectivity index (χ3n) is 3.80. The number of nitrogens with zero attached hydrogens (tertiary/aromatic N) is 2. The van der Waals surface area contributed by atoms with Gasteiger partial charge in [-0.1, -0.05) is 13.8 Å². The molecule has 0 unspecified atom stereocenters. The Kier molecular flexibility index (Phi) is 8.51. The van der Waals surface area contributed by atoms with Crippen molar-refractivity contribution in [3.05, 3.63) is 23.9 Å². The van der Waals surface area contributed by atoms with Gasteiger partial charge in [-0.25, -0.2) is 9.78 Å². The van der Waals surface area contributed by atoms with Gasteiger partial charge in [0.15, 0.2) is 0 Å². The first-order chi connectivity index (χ1) is 12.2. The van der Waals surface area contributed by atoms with Crippen molar-refractivity contribution in [3.8, 4) is 0 Å². The highest BCUT2D eigenvalue weighted by Crippen LogP contribution is 2.20. The fourth-order valence-corrected chi connectivity index (χ4v) is 2.65. The number of hydrogen-bond donors (Lipinski definition) is 2. The molecular weight excluding hydrogens is 334 g/mol. The SMILES string of the molecule is CC.CC(C)(C)OC(=O)Nc1cc(CN2CCC(C(=O)O)CC2)ccn1. The Morgan fingerprint density at radius 2 is 1.92 bits per heavy atom. The molecule has 0 spiro atoms. The zero-order valence-corrected chi connectivity index (χ0v) is 16.4. The van der Waals surface area contributed by atoms with Gasteiger partial charge >= 0.3 is 12.1 Å². The van der Waals surface area contributed by atoms with Crippen LogP contribution < -0.4 is 5.32 Å². The summed E-state index contributed by atoms with van der Waals surface area (Å²) in [5.74, 6) is -0.493. The number of anilines is 1. The van der Waals surface area contributed by atoms with Crippen molar-refractivity contribution in [2.45, 2.75) is 59.6 Å². The number of rotatable bonds is 4. The Labute approximate surface area is 155 Å². The number of ether oxygens (including phenoxy) is 1. The molecule has 1 saturated heterocycles. The van der Waals surface area contributed by atoms with Crippen LogP contribution in [0, 0.1) is 5.92 Å². The summed E-state index contributed by atoms with van der Waals surface area (Å²) in [5, 5.41) is 11.7. The lowest BCUT2D eigenvalue weighted by atomic mass is 9.97. The molecule has 1 aliphatic rings. The monoisotopic (exact) mass is 365 g/mol. The minimum Gasteiger partial charge on any atom is -0.481 e. The van der Waals surface area contributed by atoms with Crippen molar-refractivity contribution < 1.29 is 19.4 Å². The van der Waals surface area contributed by atoms with Crippen molar-refractivity contribution in [1.82, 2.24) is 9.88 Å². The molecule has 1 aliphatic heterocycles. The fraction of sp³-hybridized carbons (Fsp3) is 0.632. The smallest absolute Gasteiger partial charge is 0.413 e. The van der Waals surface area contributed by atoms with Gasteiger partial charge < -0.3 is 9.84 Å². The molecule has 0 aromatic carbocycles. The number of aliphatic carboxylic acids is 1. The molecule has 26 heavy (non-hydrogen) atoms. The average molecular weight is 365 g/mol. The summed E-state index contributed by atoms with van der Waals surface area (Å²) in [6, 6.07) is 3.71. The Balaban J connectivity index is 0.00000163. The molecule has 0 radical (unpaired) electrons. The lowest BCUT2D eigenvalue weighted by Gasteiger charge is -2.30. The van der Waals surface area contributed by atoms with Crippen LogP contribution >= 0.6 is 0 Å². The highest BCUT2D eigenvalue weighted by atomic mass is 16.6. The minimum atomic E-state index is -0.706. The van der Waals surface area contributed by atoms with E-state index in [1.54, 1.807) is 27.0 Å². The number of piperidine rings is 1. The van der Waals surface area contributed by atoms with Gasteiger partial charge in [0.1, 0.15) is 11.4 Å². The van der Waals surface area contributed by atoms with Crippen LogP contribution in [0.3, 0.4) is 0 Å². The molecule has 146 valence electrons. The molecule has 1 aromatic rings. The maximum absolute atomic E-state index is 11.8. The van der Waals surface area contributed by atoms with Crippen molar-refractivity contribution >= 4 is 17.9 Å². The summed E-state index contributed by atoms with van der Waals surface area (Å²) < 4.78 is 5.21. The van der Waals surface area contributed by atoms with Crippen LogP contribution in [0.4, 0.5) is 10.6 Å². The van der Waals surface area contributed by atoms with Gasteiger partial charge in [0.2, 0.25) is 0 Å². The molecule has 0 saturated carbocycles. The minimum absolute atomic E-state index is 0.233. The Morgan fingerprint density at radius 1 is 1.31 bits per heavy atom. The number of likely N-dealkylation sites (tertiary alicyclic amines) is 1. The van der Waals surface area contributed by atoms with Crippen LogP contribution in [0.5, 0.6) is 0 Å². The molecule has 0 atom stereocenters. The standard InChI is InChI=1S/C17H25N3O4.C2H6/c1-17(2,3)24-16(23)19-14-10-12(4-7-18-14)11-20-8-5-13(6-9-20)15(21)22;1-2/h4,7,10,13H,5-6,8-9,11H2,1-3H3,(H,21,22)(H,18,19,23);1-2H3. The van der Waals surface area contributed by atoms with E-state index in [-0.39, 0.29) is 5.92 Å². The van der Waals surface area contributed by atoms with Gasteiger partial charge in [0.25, 0.3) is 0 Å². The number of amides is 1. The Hall–Kier alpha value is -2.15. The first-order valence-corrected chi connectivity index (χ1v) is 9.13. The summed E-state index contributed by atoms with van der Waals surface area (Å²) in [6.07, 6.45) is 2.45. The van der Waals surface area contributed by atoms with Gasteiger partial charge in [-0.2, -0.15) is 0 Å². The van der Waals surface area contributed by atoms with E-state index in [1.165, 1.54) is 0 Å². The van der Waals surface area contributed by atoms with Gasteiger partial charge in [-0.3, -0.25) is 15.0 Å². The zero-order chi connectivity index (χ0) is 19.7. The zero-order valence-electron chi connectivity index (χ0n) is 16.4. The predicted octanol–water partition coefficient (Wildman–Crippen LogP) is 3.75. The number of pyridine rings is 1. The van der Waals surface area contributed by atoms with Crippen LogP contribution in [0.15, 0.2) is 18.3 Å². The quantitative estimate of drug-likeness (QED) is 0.844. The van der Waals surface area contributed by atoms with Crippen LogP contribution in [0.1, 0.15) is 53.0 Å². The second-order valence-corrected chi connectivity index (χ2v) is 7.06. The molecule has 0 aliphatic carbocycles. The molecule has 1 fully saturated rings. The molecule has 7 heteroatoms. The highest BCUT2D eigenvalue weighted by Gasteiger charge is 2.24. The number of aromatic nitrogens is 1. The van der Waals surface area contributed by atoms with Crippen LogP contribution in [-0.4, -0.2) is 45.7 Å².